The van der Waals surface area contributed by atoms with Gasteiger partial charge in [0.2, 0.25) is 0 Å². The van der Waals surface area contributed by atoms with Gasteiger partial charge in [-0.2, -0.15) is 0 Å². The molecule has 0 fully saturated rings. The fourth-order valence-electron chi connectivity index (χ4n) is 11.4. The number of hydrogen-bond acceptors (Lipinski definition) is 7. The quantitative estimate of drug-likeness (QED) is 0.0211. The maximum atomic E-state index is 13.0. The first-order chi connectivity index (χ1) is 48.6. The summed E-state index contributed by atoms with van der Waals surface area (Å²) in [6.45, 7) is 4.76. The summed E-state index contributed by atoms with van der Waals surface area (Å²) in [5.74, 6) is -2.03. The zero-order chi connectivity index (χ0) is 71.8. The lowest BCUT2D eigenvalue weighted by atomic mass is 10.0. The topological polar surface area (TPSA) is 108 Å². The van der Waals surface area contributed by atoms with Crippen molar-refractivity contribution in [1.29, 1.82) is 0 Å². The normalized spacial score (nSPS) is 13.4. The third-order valence-electron chi connectivity index (χ3n) is 17.6. The second kappa shape index (κ2) is 78.9. The average molecular weight is 1380 g/mol. The molecule has 9 nitrogen and oxygen atoms in total. The largest absolute Gasteiger partial charge is 0.477 e. The van der Waals surface area contributed by atoms with Gasteiger partial charge in [-0.25, -0.2) is 4.79 Å². The van der Waals surface area contributed by atoms with Gasteiger partial charge in [-0.3, -0.25) is 9.59 Å². The molecule has 0 aromatic carbocycles. The first kappa shape index (κ1) is 94.2. The maximum absolute atomic E-state index is 13.0. The van der Waals surface area contributed by atoms with Crippen molar-refractivity contribution in [1.82, 2.24) is 0 Å². The lowest BCUT2D eigenvalue weighted by molar-refractivity contribution is -0.870. The van der Waals surface area contributed by atoms with Gasteiger partial charge in [-0.05, 0) is 122 Å². The number of quaternary nitrogens is 1. The Kier molecular flexibility index (Phi) is 75.0. The molecule has 0 saturated heterocycles. The number of hydrogen-bond donors (Lipinski definition) is 1. The predicted octanol–water partition coefficient (Wildman–Crippen LogP) is 26.6. The smallest absolute Gasteiger partial charge is 0.361 e. The molecular formula is C90H154NO8+. The number of rotatable bonds is 75. The molecule has 2 atom stereocenters. The number of likely N-dealkylation sites (N-methyl/N-ethyl adjacent to an activating group) is 1. The molecule has 0 heterocycles. The number of carboxylic acid groups (broad SMARTS) is 1. The summed E-state index contributed by atoms with van der Waals surface area (Å²) >= 11 is 0. The molecule has 0 aliphatic heterocycles. The first-order valence-corrected chi connectivity index (χ1v) is 41.0. The summed E-state index contributed by atoms with van der Waals surface area (Å²) in [4.78, 5) is 37.7. The van der Waals surface area contributed by atoms with Crippen LogP contribution in [-0.4, -0.2) is 87.4 Å². The van der Waals surface area contributed by atoms with Gasteiger partial charge in [0.25, 0.3) is 6.29 Å². The first-order valence-electron chi connectivity index (χ1n) is 41.0. The van der Waals surface area contributed by atoms with E-state index in [0.29, 0.717) is 23.9 Å². The molecule has 566 valence electrons. The van der Waals surface area contributed by atoms with E-state index < -0.39 is 24.3 Å². The maximum Gasteiger partial charge on any atom is 0.361 e. The van der Waals surface area contributed by atoms with E-state index in [4.69, 9.17) is 18.9 Å². The van der Waals surface area contributed by atoms with Crippen LogP contribution in [0.1, 0.15) is 348 Å². The zero-order valence-electron chi connectivity index (χ0n) is 64.9. The van der Waals surface area contributed by atoms with Crippen molar-refractivity contribution >= 4 is 17.9 Å². The Balaban J connectivity index is 4.11. The van der Waals surface area contributed by atoms with Gasteiger partial charge in [0.15, 0.2) is 6.10 Å². The Morgan fingerprint density at radius 1 is 0.313 bits per heavy atom. The Morgan fingerprint density at radius 2 is 0.576 bits per heavy atom. The molecule has 0 rings (SSSR count). The highest BCUT2D eigenvalue weighted by molar-refractivity contribution is 5.71. The summed E-state index contributed by atoms with van der Waals surface area (Å²) < 4.78 is 23.0. The van der Waals surface area contributed by atoms with Crippen LogP contribution in [0.3, 0.4) is 0 Å². The molecule has 2 unspecified atom stereocenters. The molecule has 9 heteroatoms. The van der Waals surface area contributed by atoms with E-state index in [1.807, 2.05) is 21.1 Å². The summed E-state index contributed by atoms with van der Waals surface area (Å²) in [7, 11) is 5.97. The standard InChI is InChI=1S/C90H153NO8/c1-6-8-10-12-14-16-18-20-22-24-26-28-30-32-34-36-38-40-42-43-44-45-47-49-51-53-55-57-59-61-63-65-67-69-71-73-75-77-79-81-88(93)99-86(85-98-90(89(94)95)96-83-82-91(3,4)5)84-97-87(92)80-78-76-74-72-70-68-66-64-62-60-58-56-54-52-50-48-46-41-39-37-35-33-31-29-27-25-23-21-19-17-15-13-11-9-7-2/h8,10,14,16,20,22,25-28,32,34,38,40,43-44,47,49,53,55,59,61,65,67,86,90H,6-7,9,11-13,15,17-19,21,23-24,29-31,33,35-37,39,41-42,45-46,48,50-52,54,56-58,60,62-64,66,68-85H2,1-5H3/p+1/b10-8-,16-14-,22-20-,27-25-,28-26-,34-32-,40-38-,44-43-,49-47-,55-53-,61-59-,67-65-. The Morgan fingerprint density at radius 3 is 0.869 bits per heavy atom. The van der Waals surface area contributed by atoms with Crippen LogP contribution in [0.2, 0.25) is 0 Å². The van der Waals surface area contributed by atoms with Crippen LogP contribution in [0.15, 0.2) is 146 Å². The number of carbonyl (C=O) groups is 3. The highest BCUT2D eigenvalue weighted by Crippen LogP contribution is 2.18. The SMILES string of the molecule is CC/C=C\C/C=C\C/C=C\C/C=C\C/C=C\C/C=C\C/C=C\C/C=C\C/C=C\C/C=C\C/C=C\CCCCCCCC(=O)OC(COC(=O)CCCCCCCCCCCCCCCCCCCCCCCCC/C=C\CCCCCCCCCC)COC(OCC[N+](C)(C)C)C(=O)O. The molecule has 0 bridgehead atoms. The van der Waals surface area contributed by atoms with E-state index >= 15 is 0 Å². The molecular weight excluding hydrogens is 1220 g/mol. The lowest BCUT2D eigenvalue weighted by Gasteiger charge is -2.25. The van der Waals surface area contributed by atoms with Crippen molar-refractivity contribution in [2.45, 2.75) is 360 Å². The van der Waals surface area contributed by atoms with Crippen molar-refractivity contribution in [3.05, 3.63) is 146 Å². The van der Waals surface area contributed by atoms with Crippen LogP contribution in [0, 0.1) is 0 Å². The predicted molar refractivity (Wildman–Crippen MR) is 428 cm³/mol. The van der Waals surface area contributed by atoms with Crippen LogP contribution in [-0.2, 0) is 33.3 Å². The van der Waals surface area contributed by atoms with E-state index in [-0.39, 0.29) is 32.2 Å². The molecule has 1 N–H and O–H groups in total. The Bertz CT molecular complexity index is 2150. The zero-order valence-corrected chi connectivity index (χ0v) is 64.9. The molecule has 0 aliphatic rings. The van der Waals surface area contributed by atoms with Crippen molar-refractivity contribution in [3.63, 3.8) is 0 Å². The Hall–Kier alpha value is -4.83. The second-order valence-electron chi connectivity index (χ2n) is 28.3. The Labute approximate surface area is 611 Å². The van der Waals surface area contributed by atoms with Gasteiger partial charge in [0.05, 0.1) is 34.4 Å². The van der Waals surface area contributed by atoms with E-state index in [1.165, 1.54) is 193 Å². The fourth-order valence-corrected chi connectivity index (χ4v) is 11.4. The second-order valence-corrected chi connectivity index (χ2v) is 28.3. The molecule has 99 heavy (non-hydrogen) atoms. The van der Waals surface area contributed by atoms with Gasteiger partial charge in [0, 0.05) is 12.8 Å². The van der Waals surface area contributed by atoms with Crippen LogP contribution in [0.4, 0.5) is 0 Å². The number of carboxylic acids is 1. The van der Waals surface area contributed by atoms with Crippen molar-refractivity contribution in [2.24, 2.45) is 0 Å². The molecule has 0 radical (unpaired) electrons. The highest BCUT2D eigenvalue weighted by atomic mass is 16.7. The van der Waals surface area contributed by atoms with Crippen LogP contribution >= 0.6 is 0 Å². The summed E-state index contributed by atoms with van der Waals surface area (Å²) in [5, 5.41) is 9.78. The van der Waals surface area contributed by atoms with Crippen molar-refractivity contribution in [2.75, 3.05) is 47.5 Å². The van der Waals surface area contributed by atoms with E-state index in [1.54, 1.807) is 0 Å². The van der Waals surface area contributed by atoms with E-state index in [2.05, 4.69) is 160 Å². The highest BCUT2D eigenvalue weighted by Gasteiger charge is 2.25. The van der Waals surface area contributed by atoms with E-state index in [0.717, 1.165) is 122 Å². The summed E-state index contributed by atoms with van der Waals surface area (Å²) in [6, 6.07) is 0. The number of ether oxygens (including phenoxy) is 4. The third kappa shape index (κ3) is 80.4. The minimum absolute atomic E-state index is 0.178. The number of esters is 2. The number of aliphatic carboxylic acids is 1. The van der Waals surface area contributed by atoms with Crippen molar-refractivity contribution < 1.29 is 42.9 Å². The molecule has 0 aliphatic carbocycles. The number of unbranched alkanes of at least 4 members (excludes halogenated alkanes) is 36. The van der Waals surface area contributed by atoms with Crippen molar-refractivity contribution in [3.8, 4) is 0 Å². The monoisotopic (exact) mass is 1380 g/mol. The molecule has 0 saturated carbocycles. The molecule has 0 amide bonds. The van der Waals surface area contributed by atoms with Gasteiger partial charge in [-0.15, -0.1) is 0 Å². The third-order valence-corrected chi connectivity index (χ3v) is 17.6. The number of nitrogens with zero attached hydrogens (tertiary/aromatic N) is 1. The fraction of sp³-hybridized carbons (Fsp3) is 0.700. The van der Waals surface area contributed by atoms with Gasteiger partial charge >= 0.3 is 17.9 Å². The summed E-state index contributed by atoms with van der Waals surface area (Å²) in [5.41, 5.74) is 0. The minimum Gasteiger partial charge on any atom is -0.477 e. The number of carbonyl (C=O) groups excluding carboxylic acids is 2. The van der Waals surface area contributed by atoms with Crippen LogP contribution in [0.5, 0.6) is 0 Å². The number of allylic oxidation sites excluding steroid dienone is 24. The van der Waals surface area contributed by atoms with E-state index in [9.17, 15) is 19.5 Å². The summed E-state index contributed by atoms with van der Waals surface area (Å²) in [6.07, 6.45) is 113. The average Bonchev–Trinajstić information content (AvgIpc) is 1.14. The minimum atomic E-state index is -1.53. The van der Waals surface area contributed by atoms with Crippen LogP contribution < -0.4 is 0 Å². The van der Waals surface area contributed by atoms with Gasteiger partial charge < -0.3 is 28.5 Å². The van der Waals surface area contributed by atoms with Gasteiger partial charge in [0.1, 0.15) is 13.2 Å². The lowest BCUT2D eigenvalue weighted by Crippen LogP contribution is -2.40. The molecule has 0 aromatic heterocycles. The molecule has 0 spiro atoms. The van der Waals surface area contributed by atoms with Gasteiger partial charge in [-0.1, -0.05) is 359 Å². The van der Waals surface area contributed by atoms with Crippen LogP contribution in [0.25, 0.3) is 0 Å². The molecule has 0 aromatic rings.